The van der Waals surface area contributed by atoms with Crippen molar-refractivity contribution in [3.8, 4) is 0 Å². The van der Waals surface area contributed by atoms with E-state index in [4.69, 9.17) is 0 Å². The molecule has 0 fully saturated rings. The van der Waals surface area contributed by atoms with Gasteiger partial charge in [0, 0.05) is 5.39 Å². The molecular weight excluding hydrogens is 196 g/mol. The number of aromatic amines is 1. The average Bonchev–Trinajstić information content (AvgIpc) is 2.80. The molecule has 2 heteroatoms. The molecule has 0 aliphatic rings. The van der Waals surface area contributed by atoms with Crippen molar-refractivity contribution in [1.82, 2.24) is 10.2 Å². The Bertz CT molecular complexity index is 596. The Balaban J connectivity index is 2.04. The van der Waals surface area contributed by atoms with Crippen LogP contribution in [0.1, 0.15) is 11.1 Å². The second-order valence-electron chi connectivity index (χ2n) is 3.91. The number of hydrogen-bond donors (Lipinski definition) is 1. The SMILES string of the molecule is c1ccc(Cc2cccc3[nH]ncc23)cc1. The van der Waals surface area contributed by atoms with E-state index in [1.54, 1.807) is 0 Å². The Morgan fingerprint density at radius 3 is 2.69 bits per heavy atom. The fourth-order valence-corrected chi connectivity index (χ4v) is 2.00. The number of aromatic nitrogens is 2. The van der Waals surface area contributed by atoms with Crippen molar-refractivity contribution >= 4 is 10.9 Å². The highest BCUT2D eigenvalue weighted by atomic mass is 15.1. The van der Waals surface area contributed by atoms with Crippen LogP contribution < -0.4 is 0 Å². The zero-order chi connectivity index (χ0) is 10.8. The molecule has 0 unspecified atom stereocenters. The molecule has 0 spiro atoms. The topological polar surface area (TPSA) is 28.7 Å². The van der Waals surface area contributed by atoms with E-state index in [0.717, 1.165) is 11.9 Å². The van der Waals surface area contributed by atoms with Crippen molar-refractivity contribution in [2.45, 2.75) is 6.42 Å². The molecule has 2 nitrogen and oxygen atoms in total. The summed E-state index contributed by atoms with van der Waals surface area (Å²) in [6.45, 7) is 0. The minimum atomic E-state index is 0.956. The minimum Gasteiger partial charge on any atom is -0.278 e. The van der Waals surface area contributed by atoms with Crippen molar-refractivity contribution in [2.24, 2.45) is 0 Å². The van der Waals surface area contributed by atoms with Crippen LogP contribution >= 0.6 is 0 Å². The van der Waals surface area contributed by atoms with Crippen LogP contribution in [-0.4, -0.2) is 10.2 Å². The summed E-state index contributed by atoms with van der Waals surface area (Å²) in [6.07, 6.45) is 2.85. The van der Waals surface area contributed by atoms with Gasteiger partial charge >= 0.3 is 0 Å². The van der Waals surface area contributed by atoms with Gasteiger partial charge in [0.1, 0.15) is 0 Å². The number of H-pyrrole nitrogens is 1. The first-order chi connectivity index (χ1) is 7.93. The highest BCUT2D eigenvalue weighted by molar-refractivity contribution is 5.81. The first-order valence-electron chi connectivity index (χ1n) is 5.38. The standard InChI is InChI=1S/C14H12N2/c1-2-5-11(6-3-1)9-12-7-4-8-14-13(12)10-15-16-14/h1-8,10H,9H2,(H,15,16). The smallest absolute Gasteiger partial charge is 0.0653 e. The molecule has 0 aliphatic heterocycles. The van der Waals surface area contributed by atoms with Crippen LogP contribution in [0.3, 0.4) is 0 Å². The van der Waals surface area contributed by atoms with Crippen LogP contribution in [0.4, 0.5) is 0 Å². The van der Waals surface area contributed by atoms with Crippen molar-refractivity contribution in [2.75, 3.05) is 0 Å². The molecule has 0 amide bonds. The second kappa shape index (κ2) is 3.81. The summed E-state index contributed by atoms with van der Waals surface area (Å²) in [7, 11) is 0. The predicted molar refractivity (Wildman–Crippen MR) is 65.3 cm³/mol. The maximum atomic E-state index is 4.08. The van der Waals surface area contributed by atoms with Crippen molar-refractivity contribution in [1.29, 1.82) is 0 Å². The summed E-state index contributed by atoms with van der Waals surface area (Å²) in [5.41, 5.74) is 3.75. The maximum absolute atomic E-state index is 4.08. The molecule has 0 bridgehead atoms. The highest BCUT2D eigenvalue weighted by Crippen LogP contribution is 2.19. The monoisotopic (exact) mass is 208 g/mol. The molecule has 0 atom stereocenters. The van der Waals surface area contributed by atoms with Crippen molar-refractivity contribution < 1.29 is 0 Å². The molecule has 78 valence electrons. The first kappa shape index (κ1) is 9.16. The third kappa shape index (κ3) is 1.58. The van der Waals surface area contributed by atoms with Crippen molar-refractivity contribution in [3.63, 3.8) is 0 Å². The molecule has 0 aliphatic carbocycles. The molecule has 0 radical (unpaired) electrons. The molecule has 3 rings (SSSR count). The fraction of sp³-hybridized carbons (Fsp3) is 0.0714. The van der Waals surface area contributed by atoms with E-state index >= 15 is 0 Å². The summed E-state index contributed by atoms with van der Waals surface area (Å²) in [4.78, 5) is 0. The van der Waals surface area contributed by atoms with Gasteiger partial charge in [-0.05, 0) is 23.6 Å². The minimum absolute atomic E-state index is 0.956. The van der Waals surface area contributed by atoms with E-state index < -0.39 is 0 Å². The van der Waals surface area contributed by atoms with Crippen LogP contribution in [0, 0.1) is 0 Å². The molecule has 1 heterocycles. The van der Waals surface area contributed by atoms with E-state index in [1.807, 2.05) is 12.3 Å². The molecule has 0 saturated heterocycles. The highest BCUT2D eigenvalue weighted by Gasteiger charge is 2.02. The molecule has 1 aromatic heterocycles. The van der Waals surface area contributed by atoms with Crippen LogP contribution in [0.5, 0.6) is 0 Å². The Morgan fingerprint density at radius 2 is 1.81 bits per heavy atom. The van der Waals surface area contributed by atoms with Crippen LogP contribution in [0.15, 0.2) is 54.7 Å². The van der Waals surface area contributed by atoms with Gasteiger partial charge in [0.15, 0.2) is 0 Å². The lowest BCUT2D eigenvalue weighted by molar-refractivity contribution is 1.12. The van der Waals surface area contributed by atoms with Gasteiger partial charge in [0.2, 0.25) is 0 Å². The fourth-order valence-electron chi connectivity index (χ4n) is 2.00. The Hall–Kier alpha value is -2.09. The zero-order valence-corrected chi connectivity index (χ0v) is 8.85. The number of benzene rings is 2. The molecule has 0 saturated carbocycles. The third-order valence-electron chi connectivity index (χ3n) is 2.81. The van der Waals surface area contributed by atoms with E-state index in [2.05, 4.69) is 52.7 Å². The van der Waals surface area contributed by atoms with Gasteiger partial charge in [-0.3, -0.25) is 5.10 Å². The number of fused-ring (bicyclic) bond motifs is 1. The molecule has 3 aromatic rings. The normalized spacial score (nSPS) is 10.8. The molecule has 16 heavy (non-hydrogen) atoms. The lowest BCUT2D eigenvalue weighted by Crippen LogP contribution is -1.87. The molecule has 2 aromatic carbocycles. The van der Waals surface area contributed by atoms with Gasteiger partial charge < -0.3 is 0 Å². The zero-order valence-electron chi connectivity index (χ0n) is 8.85. The van der Waals surface area contributed by atoms with E-state index in [0.29, 0.717) is 0 Å². The van der Waals surface area contributed by atoms with Crippen LogP contribution in [-0.2, 0) is 6.42 Å². The summed E-state index contributed by atoms with van der Waals surface area (Å²) in [6, 6.07) is 16.8. The van der Waals surface area contributed by atoms with Gasteiger partial charge in [-0.1, -0.05) is 42.5 Å². The number of hydrogen-bond acceptors (Lipinski definition) is 1. The molecular formula is C14H12N2. The lowest BCUT2D eigenvalue weighted by Gasteiger charge is -2.02. The Labute approximate surface area is 93.9 Å². The van der Waals surface area contributed by atoms with Gasteiger partial charge in [-0.2, -0.15) is 5.10 Å². The quantitative estimate of drug-likeness (QED) is 0.688. The van der Waals surface area contributed by atoms with Crippen LogP contribution in [0.2, 0.25) is 0 Å². The van der Waals surface area contributed by atoms with Gasteiger partial charge in [0.25, 0.3) is 0 Å². The summed E-state index contributed by atoms with van der Waals surface area (Å²) in [5.74, 6) is 0. The van der Waals surface area contributed by atoms with Gasteiger partial charge in [0.05, 0.1) is 11.7 Å². The van der Waals surface area contributed by atoms with Gasteiger partial charge in [-0.15, -0.1) is 0 Å². The summed E-state index contributed by atoms with van der Waals surface area (Å²) >= 11 is 0. The number of rotatable bonds is 2. The van der Waals surface area contributed by atoms with Crippen molar-refractivity contribution in [3.05, 3.63) is 65.9 Å². The van der Waals surface area contributed by atoms with E-state index in [-0.39, 0.29) is 0 Å². The van der Waals surface area contributed by atoms with E-state index in [1.165, 1.54) is 16.5 Å². The van der Waals surface area contributed by atoms with Gasteiger partial charge in [-0.25, -0.2) is 0 Å². The number of nitrogens with one attached hydrogen (secondary N) is 1. The summed E-state index contributed by atoms with van der Waals surface area (Å²) < 4.78 is 0. The maximum Gasteiger partial charge on any atom is 0.0653 e. The third-order valence-corrected chi connectivity index (χ3v) is 2.81. The second-order valence-corrected chi connectivity index (χ2v) is 3.91. The lowest BCUT2D eigenvalue weighted by atomic mass is 10.0. The first-order valence-corrected chi connectivity index (χ1v) is 5.38. The average molecular weight is 208 g/mol. The largest absolute Gasteiger partial charge is 0.278 e. The summed E-state index contributed by atoms with van der Waals surface area (Å²) in [5, 5.41) is 8.29. The van der Waals surface area contributed by atoms with E-state index in [9.17, 15) is 0 Å². The predicted octanol–water partition coefficient (Wildman–Crippen LogP) is 3.15. The number of nitrogens with zero attached hydrogens (tertiary/aromatic N) is 1. The Kier molecular flexibility index (Phi) is 2.18. The van der Waals surface area contributed by atoms with Crippen LogP contribution in [0.25, 0.3) is 10.9 Å². The molecule has 1 N–H and O–H groups in total. The Morgan fingerprint density at radius 1 is 0.938 bits per heavy atom.